The largest absolute Gasteiger partial charge is 0.496 e. The van der Waals surface area contributed by atoms with Gasteiger partial charge in [0.15, 0.2) is 5.60 Å². The summed E-state index contributed by atoms with van der Waals surface area (Å²) in [4.78, 5) is 11.3. The second-order valence-electron chi connectivity index (χ2n) is 7.78. The third-order valence-electron chi connectivity index (χ3n) is 5.13. The summed E-state index contributed by atoms with van der Waals surface area (Å²) in [6.45, 7) is 5.77. The van der Waals surface area contributed by atoms with E-state index < -0.39 is 23.8 Å². The summed E-state index contributed by atoms with van der Waals surface area (Å²) in [6, 6.07) is 11.7. The molecule has 0 heterocycles. The van der Waals surface area contributed by atoms with E-state index in [4.69, 9.17) is 9.57 Å². The molecule has 0 fully saturated rings. The highest BCUT2D eigenvalue weighted by molar-refractivity contribution is 5.83. The van der Waals surface area contributed by atoms with Crippen molar-refractivity contribution in [3.8, 4) is 5.75 Å². The zero-order valence-electron chi connectivity index (χ0n) is 19.5. The van der Waals surface area contributed by atoms with Crippen LogP contribution in [-0.4, -0.2) is 48.9 Å². The van der Waals surface area contributed by atoms with Gasteiger partial charge in [-0.2, -0.15) is 13.2 Å². The molecule has 1 unspecified atom stereocenters. The summed E-state index contributed by atoms with van der Waals surface area (Å²) in [6.07, 6.45) is -4.23. The van der Waals surface area contributed by atoms with Gasteiger partial charge in [0.1, 0.15) is 12.4 Å². The number of aliphatic hydroxyl groups is 1. The summed E-state index contributed by atoms with van der Waals surface area (Å²) in [5.74, 6) is -0.121. The van der Waals surface area contributed by atoms with Crippen LogP contribution in [-0.2, 0) is 17.0 Å². The van der Waals surface area contributed by atoms with E-state index in [1.165, 1.54) is 26.2 Å². The minimum Gasteiger partial charge on any atom is -0.496 e. The lowest BCUT2D eigenvalue weighted by molar-refractivity contribution is -0.264. The van der Waals surface area contributed by atoms with Crippen molar-refractivity contribution in [2.75, 3.05) is 20.7 Å². The van der Waals surface area contributed by atoms with Gasteiger partial charge >= 0.3 is 6.18 Å². The zero-order chi connectivity index (χ0) is 24.6. The SMILES string of the molecule is CCN(C)/C=N/c1cc(OC)c(C(O)(C/C(C)=N/OCc2ccccc2)C(F)(F)F)cc1C. The van der Waals surface area contributed by atoms with Gasteiger partial charge in [-0.05, 0) is 38.0 Å². The van der Waals surface area contributed by atoms with Crippen molar-refractivity contribution in [1.29, 1.82) is 0 Å². The minimum absolute atomic E-state index is 0.0165. The molecule has 0 amide bonds. The Morgan fingerprint density at radius 3 is 2.42 bits per heavy atom. The molecule has 0 aliphatic carbocycles. The molecule has 180 valence electrons. The maximum atomic E-state index is 14.1. The fourth-order valence-corrected chi connectivity index (χ4v) is 3.09. The van der Waals surface area contributed by atoms with Crippen molar-refractivity contribution >= 4 is 17.7 Å². The molecule has 0 radical (unpaired) electrons. The number of rotatable bonds is 10. The van der Waals surface area contributed by atoms with Gasteiger partial charge in [0.2, 0.25) is 0 Å². The summed E-state index contributed by atoms with van der Waals surface area (Å²) in [5, 5.41) is 14.7. The Morgan fingerprint density at radius 1 is 1.18 bits per heavy atom. The first-order chi connectivity index (χ1) is 15.5. The van der Waals surface area contributed by atoms with Crippen molar-refractivity contribution in [3.05, 3.63) is 59.2 Å². The molecule has 0 aliphatic rings. The molecule has 1 N–H and O–H groups in total. The molecular formula is C24H30F3N3O3. The average molecular weight is 466 g/mol. The maximum absolute atomic E-state index is 14.1. The van der Waals surface area contributed by atoms with Crippen LogP contribution in [0.15, 0.2) is 52.6 Å². The minimum atomic E-state index is -4.99. The number of halogens is 3. The van der Waals surface area contributed by atoms with Crippen LogP contribution in [0, 0.1) is 6.92 Å². The molecule has 1 atom stereocenters. The van der Waals surface area contributed by atoms with Gasteiger partial charge in [-0.1, -0.05) is 35.5 Å². The lowest BCUT2D eigenvalue weighted by Crippen LogP contribution is -2.44. The Balaban J connectivity index is 2.37. The van der Waals surface area contributed by atoms with Crippen LogP contribution in [0.25, 0.3) is 0 Å². The molecule has 0 saturated heterocycles. The van der Waals surface area contributed by atoms with Crippen LogP contribution in [0.2, 0.25) is 0 Å². The van der Waals surface area contributed by atoms with E-state index in [1.54, 1.807) is 13.3 Å². The lowest BCUT2D eigenvalue weighted by atomic mass is 9.86. The molecule has 0 bridgehead atoms. The van der Waals surface area contributed by atoms with E-state index in [2.05, 4.69) is 10.1 Å². The molecule has 0 saturated carbocycles. The summed E-state index contributed by atoms with van der Waals surface area (Å²) >= 11 is 0. The number of ether oxygens (including phenoxy) is 1. The van der Waals surface area contributed by atoms with Crippen molar-refractivity contribution in [1.82, 2.24) is 4.90 Å². The van der Waals surface area contributed by atoms with E-state index in [0.717, 1.165) is 12.1 Å². The molecule has 2 aromatic rings. The first kappa shape index (κ1) is 26.2. The third kappa shape index (κ3) is 6.71. The predicted octanol–water partition coefficient (Wildman–Crippen LogP) is 5.35. The molecule has 2 aromatic carbocycles. The van der Waals surface area contributed by atoms with Gasteiger partial charge in [-0.3, -0.25) is 0 Å². The molecule has 2 rings (SSSR count). The monoisotopic (exact) mass is 465 g/mol. The van der Waals surface area contributed by atoms with E-state index in [9.17, 15) is 18.3 Å². The second-order valence-corrected chi connectivity index (χ2v) is 7.78. The first-order valence-corrected chi connectivity index (χ1v) is 10.4. The molecule has 0 aromatic heterocycles. The highest BCUT2D eigenvalue weighted by atomic mass is 19.4. The summed E-state index contributed by atoms with van der Waals surface area (Å²) in [7, 11) is 3.08. The Hall–Kier alpha value is -3.07. The van der Waals surface area contributed by atoms with Gasteiger partial charge in [-0.25, -0.2) is 4.99 Å². The third-order valence-corrected chi connectivity index (χ3v) is 5.13. The highest BCUT2D eigenvalue weighted by Crippen LogP contribution is 2.47. The number of nitrogens with zero attached hydrogens (tertiary/aromatic N) is 3. The van der Waals surface area contributed by atoms with Crippen LogP contribution in [0.4, 0.5) is 18.9 Å². The van der Waals surface area contributed by atoms with Gasteiger partial charge in [0, 0.05) is 31.6 Å². The summed E-state index contributed by atoms with van der Waals surface area (Å²) in [5.41, 5.74) is -1.93. The number of methoxy groups -OCH3 is 1. The van der Waals surface area contributed by atoms with Crippen molar-refractivity contribution in [3.63, 3.8) is 0 Å². The van der Waals surface area contributed by atoms with Crippen LogP contribution in [0.1, 0.15) is 37.0 Å². The number of hydrogen-bond acceptors (Lipinski definition) is 5. The van der Waals surface area contributed by atoms with Gasteiger partial charge < -0.3 is 19.6 Å². The van der Waals surface area contributed by atoms with Crippen LogP contribution >= 0.6 is 0 Å². The highest BCUT2D eigenvalue weighted by Gasteiger charge is 2.56. The number of aliphatic imine (C=N–C) groups is 1. The van der Waals surface area contributed by atoms with E-state index in [1.807, 2.05) is 49.2 Å². The molecule has 9 heteroatoms. The van der Waals surface area contributed by atoms with Gasteiger partial charge in [0.05, 0.1) is 24.8 Å². The number of alkyl halides is 3. The average Bonchev–Trinajstić information content (AvgIpc) is 2.77. The number of benzene rings is 2. The van der Waals surface area contributed by atoms with E-state index >= 15 is 0 Å². The van der Waals surface area contributed by atoms with Gasteiger partial charge in [0.25, 0.3) is 0 Å². The standard InChI is InChI=1S/C24H30F3N3O3/c1-6-30(4)16-28-21-13-22(32-5)20(12-17(21)2)23(31,24(25,26)27)14-18(3)29-33-15-19-10-8-7-9-11-19/h7-13,16,31H,6,14-15H2,1-5H3/b28-16+,29-18+. The lowest BCUT2D eigenvalue weighted by Gasteiger charge is -2.32. The molecule has 33 heavy (non-hydrogen) atoms. The topological polar surface area (TPSA) is 66.7 Å². The number of hydrogen-bond donors (Lipinski definition) is 1. The second kappa shape index (κ2) is 11.2. The quantitative estimate of drug-likeness (QED) is 0.292. The molecule has 0 spiro atoms. The Kier molecular flexibility index (Phi) is 8.87. The Morgan fingerprint density at radius 2 is 1.85 bits per heavy atom. The summed E-state index contributed by atoms with van der Waals surface area (Å²) < 4.78 is 47.7. The maximum Gasteiger partial charge on any atom is 0.421 e. The first-order valence-electron chi connectivity index (χ1n) is 10.4. The van der Waals surface area contributed by atoms with Crippen molar-refractivity contribution in [2.45, 2.75) is 45.6 Å². The smallest absolute Gasteiger partial charge is 0.421 e. The normalized spacial score (nSPS) is 14.3. The Bertz CT molecular complexity index is 978. The van der Waals surface area contributed by atoms with Gasteiger partial charge in [-0.15, -0.1) is 0 Å². The van der Waals surface area contributed by atoms with Crippen LogP contribution in [0.5, 0.6) is 5.75 Å². The van der Waals surface area contributed by atoms with E-state index in [-0.39, 0.29) is 18.1 Å². The molecule has 6 nitrogen and oxygen atoms in total. The number of aryl methyl sites for hydroxylation is 1. The zero-order valence-corrected chi connectivity index (χ0v) is 19.5. The van der Waals surface area contributed by atoms with Crippen molar-refractivity contribution < 1.29 is 27.9 Å². The van der Waals surface area contributed by atoms with Crippen LogP contribution < -0.4 is 4.74 Å². The van der Waals surface area contributed by atoms with E-state index in [0.29, 0.717) is 11.3 Å². The molecular weight excluding hydrogens is 435 g/mol. The fraction of sp³-hybridized carbons (Fsp3) is 0.417. The number of oxime groups is 1. The predicted molar refractivity (Wildman–Crippen MR) is 123 cm³/mol. The Labute approximate surface area is 192 Å². The molecule has 0 aliphatic heterocycles. The fourth-order valence-electron chi connectivity index (χ4n) is 3.09. The van der Waals surface area contributed by atoms with Crippen LogP contribution in [0.3, 0.4) is 0 Å². The van der Waals surface area contributed by atoms with Crippen molar-refractivity contribution in [2.24, 2.45) is 10.1 Å².